The van der Waals surface area contributed by atoms with Crippen LogP contribution < -0.4 is 10.2 Å². The van der Waals surface area contributed by atoms with Crippen LogP contribution in [0.3, 0.4) is 0 Å². The lowest BCUT2D eigenvalue weighted by molar-refractivity contribution is 0.618. The standard InChI is InChI=1S/C15H18FN3/c1-3-19(14-7-5-4-6-13(14)16)11-12-8-9-18-15(10-12)17-2/h4-10H,3,11H2,1-2H3,(H,17,18). The van der Waals surface area contributed by atoms with Crippen molar-refractivity contribution in [3.63, 3.8) is 0 Å². The fourth-order valence-corrected chi connectivity index (χ4v) is 2.01. The van der Waals surface area contributed by atoms with Gasteiger partial charge in [0.2, 0.25) is 0 Å². The summed E-state index contributed by atoms with van der Waals surface area (Å²) >= 11 is 0. The molecule has 0 bridgehead atoms. The van der Waals surface area contributed by atoms with Crippen molar-refractivity contribution in [2.45, 2.75) is 13.5 Å². The summed E-state index contributed by atoms with van der Waals surface area (Å²) in [6, 6.07) is 10.8. The molecule has 0 aliphatic rings. The Labute approximate surface area is 113 Å². The molecule has 0 fully saturated rings. The molecule has 0 unspecified atom stereocenters. The minimum Gasteiger partial charge on any atom is -0.373 e. The van der Waals surface area contributed by atoms with E-state index >= 15 is 0 Å². The summed E-state index contributed by atoms with van der Waals surface area (Å²) in [7, 11) is 1.83. The predicted molar refractivity (Wildman–Crippen MR) is 76.9 cm³/mol. The monoisotopic (exact) mass is 259 g/mol. The van der Waals surface area contributed by atoms with Gasteiger partial charge in [0.05, 0.1) is 5.69 Å². The number of anilines is 2. The van der Waals surface area contributed by atoms with E-state index in [0.717, 1.165) is 17.9 Å². The summed E-state index contributed by atoms with van der Waals surface area (Å²) in [4.78, 5) is 6.18. The van der Waals surface area contributed by atoms with Crippen molar-refractivity contribution < 1.29 is 4.39 Å². The number of hydrogen-bond donors (Lipinski definition) is 1. The van der Waals surface area contributed by atoms with Gasteiger partial charge < -0.3 is 10.2 Å². The van der Waals surface area contributed by atoms with Crippen molar-refractivity contribution in [1.82, 2.24) is 4.98 Å². The Kier molecular flexibility index (Phi) is 4.34. The van der Waals surface area contributed by atoms with E-state index < -0.39 is 0 Å². The van der Waals surface area contributed by atoms with Gasteiger partial charge in [-0.3, -0.25) is 0 Å². The zero-order valence-corrected chi connectivity index (χ0v) is 11.2. The fraction of sp³-hybridized carbons (Fsp3) is 0.267. The van der Waals surface area contributed by atoms with Crippen LogP contribution in [0.25, 0.3) is 0 Å². The zero-order chi connectivity index (χ0) is 13.7. The largest absolute Gasteiger partial charge is 0.373 e. The predicted octanol–water partition coefficient (Wildman–Crippen LogP) is 3.29. The number of hydrogen-bond acceptors (Lipinski definition) is 3. The Morgan fingerprint density at radius 3 is 2.74 bits per heavy atom. The molecule has 3 nitrogen and oxygen atoms in total. The Hall–Kier alpha value is -2.10. The highest BCUT2D eigenvalue weighted by molar-refractivity contribution is 5.48. The molecule has 0 radical (unpaired) electrons. The second-order valence-corrected chi connectivity index (χ2v) is 4.26. The van der Waals surface area contributed by atoms with Crippen molar-refractivity contribution in [3.8, 4) is 0 Å². The molecule has 1 aromatic heterocycles. The first-order valence-electron chi connectivity index (χ1n) is 6.36. The van der Waals surface area contributed by atoms with Crippen LogP contribution in [0.5, 0.6) is 0 Å². The molecule has 0 atom stereocenters. The lowest BCUT2D eigenvalue weighted by atomic mass is 10.2. The van der Waals surface area contributed by atoms with E-state index in [4.69, 9.17) is 0 Å². The molecule has 4 heteroatoms. The molecule has 0 aliphatic heterocycles. The van der Waals surface area contributed by atoms with E-state index in [0.29, 0.717) is 12.2 Å². The number of rotatable bonds is 5. The van der Waals surface area contributed by atoms with Gasteiger partial charge in [0.25, 0.3) is 0 Å². The van der Waals surface area contributed by atoms with Crippen LogP contribution in [-0.4, -0.2) is 18.6 Å². The third kappa shape index (κ3) is 3.22. The minimum absolute atomic E-state index is 0.188. The zero-order valence-electron chi connectivity index (χ0n) is 11.2. The van der Waals surface area contributed by atoms with E-state index in [-0.39, 0.29) is 5.82 Å². The van der Waals surface area contributed by atoms with Crippen molar-refractivity contribution >= 4 is 11.5 Å². The molecule has 0 aliphatic carbocycles. The normalized spacial score (nSPS) is 10.3. The van der Waals surface area contributed by atoms with E-state index in [1.165, 1.54) is 6.07 Å². The highest BCUT2D eigenvalue weighted by Gasteiger charge is 2.10. The van der Waals surface area contributed by atoms with Crippen LogP contribution in [0.4, 0.5) is 15.9 Å². The molecular formula is C15H18FN3. The third-order valence-corrected chi connectivity index (χ3v) is 3.03. The first-order valence-corrected chi connectivity index (χ1v) is 6.36. The topological polar surface area (TPSA) is 28.2 Å². The molecule has 1 aromatic carbocycles. The van der Waals surface area contributed by atoms with Gasteiger partial charge in [-0.05, 0) is 36.8 Å². The first kappa shape index (κ1) is 13.3. The lowest BCUT2D eigenvalue weighted by Gasteiger charge is -2.23. The quantitative estimate of drug-likeness (QED) is 0.893. The van der Waals surface area contributed by atoms with E-state index in [1.54, 1.807) is 18.3 Å². The SMILES string of the molecule is CCN(Cc1ccnc(NC)c1)c1ccccc1F. The second-order valence-electron chi connectivity index (χ2n) is 4.26. The molecule has 2 aromatic rings. The van der Waals surface area contributed by atoms with Crippen LogP contribution in [-0.2, 0) is 6.54 Å². The Morgan fingerprint density at radius 1 is 1.26 bits per heavy atom. The van der Waals surface area contributed by atoms with Gasteiger partial charge in [0, 0.05) is 26.3 Å². The van der Waals surface area contributed by atoms with Crippen LogP contribution in [0, 0.1) is 5.82 Å². The van der Waals surface area contributed by atoms with E-state index in [1.807, 2.05) is 37.1 Å². The molecule has 1 N–H and O–H groups in total. The van der Waals surface area contributed by atoms with Gasteiger partial charge in [-0.1, -0.05) is 12.1 Å². The van der Waals surface area contributed by atoms with Gasteiger partial charge >= 0.3 is 0 Å². The average Bonchev–Trinajstić information content (AvgIpc) is 2.46. The second kappa shape index (κ2) is 6.18. The smallest absolute Gasteiger partial charge is 0.146 e. The molecule has 0 saturated heterocycles. The molecule has 1 heterocycles. The van der Waals surface area contributed by atoms with Crippen molar-refractivity contribution in [2.75, 3.05) is 23.8 Å². The number of pyridine rings is 1. The molecule has 19 heavy (non-hydrogen) atoms. The summed E-state index contributed by atoms with van der Waals surface area (Å²) in [5, 5.41) is 3.01. The number of benzene rings is 1. The number of nitrogens with zero attached hydrogens (tertiary/aromatic N) is 2. The van der Waals surface area contributed by atoms with E-state index in [2.05, 4.69) is 10.3 Å². The summed E-state index contributed by atoms with van der Waals surface area (Å²) in [6.07, 6.45) is 1.76. The van der Waals surface area contributed by atoms with Gasteiger partial charge in [0.1, 0.15) is 11.6 Å². The first-order chi connectivity index (χ1) is 9.24. The van der Waals surface area contributed by atoms with Crippen molar-refractivity contribution in [3.05, 3.63) is 54.0 Å². The van der Waals surface area contributed by atoms with Crippen LogP contribution in [0.2, 0.25) is 0 Å². The van der Waals surface area contributed by atoms with E-state index in [9.17, 15) is 4.39 Å². The van der Waals surface area contributed by atoms with Crippen molar-refractivity contribution in [1.29, 1.82) is 0 Å². The Morgan fingerprint density at radius 2 is 2.05 bits per heavy atom. The van der Waals surface area contributed by atoms with Crippen LogP contribution in [0.1, 0.15) is 12.5 Å². The van der Waals surface area contributed by atoms with Crippen LogP contribution in [0.15, 0.2) is 42.6 Å². The summed E-state index contributed by atoms with van der Waals surface area (Å²) in [5.74, 6) is 0.634. The van der Waals surface area contributed by atoms with Crippen LogP contribution >= 0.6 is 0 Å². The highest BCUT2D eigenvalue weighted by atomic mass is 19.1. The highest BCUT2D eigenvalue weighted by Crippen LogP contribution is 2.21. The summed E-state index contributed by atoms with van der Waals surface area (Å²) in [5.41, 5.74) is 1.73. The van der Waals surface area contributed by atoms with Gasteiger partial charge in [0.15, 0.2) is 0 Å². The molecule has 100 valence electrons. The maximum absolute atomic E-state index is 13.8. The number of nitrogens with one attached hydrogen (secondary N) is 1. The average molecular weight is 259 g/mol. The summed E-state index contributed by atoms with van der Waals surface area (Å²) < 4.78 is 13.8. The van der Waals surface area contributed by atoms with Crippen molar-refractivity contribution in [2.24, 2.45) is 0 Å². The molecule has 0 spiro atoms. The number of halogens is 1. The number of para-hydroxylation sites is 1. The Bertz CT molecular complexity index is 542. The molecule has 0 amide bonds. The fourth-order valence-electron chi connectivity index (χ4n) is 2.01. The van der Waals surface area contributed by atoms with Gasteiger partial charge in [-0.15, -0.1) is 0 Å². The maximum atomic E-state index is 13.8. The Balaban J connectivity index is 2.21. The summed E-state index contributed by atoms with van der Waals surface area (Å²) in [6.45, 7) is 3.43. The van der Waals surface area contributed by atoms with Gasteiger partial charge in [-0.2, -0.15) is 0 Å². The third-order valence-electron chi connectivity index (χ3n) is 3.03. The molecule has 0 saturated carbocycles. The molecular weight excluding hydrogens is 241 g/mol. The maximum Gasteiger partial charge on any atom is 0.146 e. The number of aromatic nitrogens is 1. The lowest BCUT2D eigenvalue weighted by Crippen LogP contribution is -2.23. The molecule has 2 rings (SSSR count). The van der Waals surface area contributed by atoms with Gasteiger partial charge in [-0.25, -0.2) is 9.37 Å². The minimum atomic E-state index is -0.188.